The topological polar surface area (TPSA) is 12.9 Å². The first kappa shape index (κ1) is 10.1. The van der Waals surface area contributed by atoms with Crippen molar-refractivity contribution in [1.29, 1.82) is 0 Å². The number of para-hydroxylation sites is 1. The Morgan fingerprint density at radius 2 is 2.07 bits per heavy atom. The summed E-state index contributed by atoms with van der Waals surface area (Å²) in [7, 11) is 0. The fraction of sp³-hybridized carbons (Fsp3) is 0.364. The Bertz CT molecular complexity index is 414. The molecule has 0 aliphatic heterocycles. The van der Waals surface area contributed by atoms with Gasteiger partial charge in [0.1, 0.15) is 5.01 Å². The van der Waals surface area contributed by atoms with Gasteiger partial charge in [-0.3, -0.25) is 0 Å². The molecular weight excluding hydrogens is 258 g/mol. The van der Waals surface area contributed by atoms with Gasteiger partial charge in [0.15, 0.2) is 0 Å². The number of fused-ring (bicyclic) bond motifs is 1. The van der Waals surface area contributed by atoms with Gasteiger partial charge in [-0.15, -0.1) is 11.3 Å². The molecule has 0 radical (unpaired) electrons. The van der Waals surface area contributed by atoms with Gasteiger partial charge in [0.05, 0.1) is 10.2 Å². The van der Waals surface area contributed by atoms with Crippen molar-refractivity contribution in [3.63, 3.8) is 0 Å². The number of benzene rings is 1. The first-order valence-corrected chi connectivity index (χ1v) is 6.49. The molecule has 14 heavy (non-hydrogen) atoms. The number of hydrogen-bond donors (Lipinski definition) is 0. The summed E-state index contributed by atoms with van der Waals surface area (Å²) >= 11 is 5.32. The fourth-order valence-corrected chi connectivity index (χ4v) is 2.74. The molecular formula is C11H12BrNS. The first-order chi connectivity index (χ1) is 6.63. The van der Waals surface area contributed by atoms with Gasteiger partial charge in [0.25, 0.3) is 0 Å². The van der Waals surface area contributed by atoms with Crippen LogP contribution in [0.3, 0.4) is 0 Å². The molecule has 0 saturated heterocycles. The Kier molecular flexibility index (Phi) is 2.62. The smallest absolute Gasteiger partial charge is 0.100 e. The highest BCUT2D eigenvalue weighted by Crippen LogP contribution is 2.32. The number of nitrogens with zero attached hydrogens (tertiary/aromatic N) is 1. The highest BCUT2D eigenvalue weighted by Gasteiger charge is 2.23. The van der Waals surface area contributed by atoms with Crippen molar-refractivity contribution < 1.29 is 0 Å². The van der Waals surface area contributed by atoms with Crippen molar-refractivity contribution >= 4 is 37.5 Å². The van der Waals surface area contributed by atoms with Crippen molar-refractivity contribution in [2.45, 2.75) is 19.3 Å². The predicted molar refractivity (Wildman–Crippen MR) is 66.4 cm³/mol. The standard InChI is InChI=1S/C11H12BrNS/c1-11(2,7-12)10-13-8-5-3-4-6-9(8)14-10/h3-6H,7H2,1-2H3. The minimum Gasteiger partial charge on any atom is -0.241 e. The summed E-state index contributed by atoms with van der Waals surface area (Å²) in [6, 6.07) is 8.29. The molecule has 1 aromatic heterocycles. The number of rotatable bonds is 2. The van der Waals surface area contributed by atoms with Gasteiger partial charge in [-0.1, -0.05) is 41.9 Å². The van der Waals surface area contributed by atoms with E-state index in [0.29, 0.717) is 0 Å². The van der Waals surface area contributed by atoms with E-state index in [2.05, 4.69) is 53.0 Å². The number of thiazole rings is 1. The number of aromatic nitrogens is 1. The lowest BCUT2D eigenvalue weighted by Crippen LogP contribution is -2.18. The van der Waals surface area contributed by atoms with E-state index < -0.39 is 0 Å². The zero-order valence-corrected chi connectivity index (χ0v) is 10.7. The van der Waals surface area contributed by atoms with Crippen LogP contribution < -0.4 is 0 Å². The van der Waals surface area contributed by atoms with Crippen molar-refractivity contribution in [1.82, 2.24) is 4.98 Å². The minimum atomic E-state index is 0.129. The van der Waals surface area contributed by atoms with Crippen LogP contribution in [0.4, 0.5) is 0 Å². The van der Waals surface area contributed by atoms with Gasteiger partial charge < -0.3 is 0 Å². The van der Waals surface area contributed by atoms with Crippen molar-refractivity contribution in [3.8, 4) is 0 Å². The Balaban J connectivity index is 2.55. The van der Waals surface area contributed by atoms with Crippen LogP contribution >= 0.6 is 27.3 Å². The van der Waals surface area contributed by atoms with E-state index >= 15 is 0 Å². The average Bonchev–Trinajstić information content (AvgIpc) is 2.61. The van der Waals surface area contributed by atoms with E-state index in [1.807, 2.05) is 6.07 Å². The maximum absolute atomic E-state index is 4.64. The molecule has 1 heterocycles. The van der Waals surface area contributed by atoms with Crippen LogP contribution in [-0.2, 0) is 5.41 Å². The van der Waals surface area contributed by atoms with Gasteiger partial charge in [-0.05, 0) is 12.1 Å². The molecule has 2 aromatic rings. The maximum Gasteiger partial charge on any atom is 0.100 e. The summed E-state index contributed by atoms with van der Waals surface area (Å²) < 4.78 is 1.27. The molecule has 0 aliphatic rings. The van der Waals surface area contributed by atoms with E-state index in [1.54, 1.807) is 11.3 Å². The Morgan fingerprint density at radius 3 is 2.71 bits per heavy atom. The summed E-state index contributed by atoms with van der Waals surface area (Å²) in [6.45, 7) is 4.42. The van der Waals surface area contributed by atoms with Crippen molar-refractivity contribution in [2.24, 2.45) is 0 Å². The van der Waals surface area contributed by atoms with Gasteiger partial charge in [0.2, 0.25) is 0 Å². The summed E-state index contributed by atoms with van der Waals surface area (Å²) in [5, 5.41) is 2.15. The lowest BCUT2D eigenvalue weighted by Gasteiger charge is -2.17. The molecule has 3 heteroatoms. The highest BCUT2D eigenvalue weighted by atomic mass is 79.9. The molecule has 0 saturated carbocycles. The quantitative estimate of drug-likeness (QED) is 0.752. The molecule has 2 rings (SSSR count). The van der Waals surface area contributed by atoms with Crippen LogP contribution in [0.25, 0.3) is 10.2 Å². The third-order valence-electron chi connectivity index (χ3n) is 2.21. The van der Waals surface area contributed by atoms with Crippen LogP contribution in [-0.4, -0.2) is 10.3 Å². The van der Waals surface area contributed by atoms with Crippen LogP contribution in [0.2, 0.25) is 0 Å². The molecule has 74 valence electrons. The van der Waals surface area contributed by atoms with E-state index in [9.17, 15) is 0 Å². The van der Waals surface area contributed by atoms with E-state index in [4.69, 9.17) is 0 Å². The summed E-state index contributed by atoms with van der Waals surface area (Å²) in [5.41, 5.74) is 1.24. The number of alkyl halides is 1. The lowest BCUT2D eigenvalue weighted by atomic mass is 9.98. The highest BCUT2D eigenvalue weighted by molar-refractivity contribution is 9.09. The Morgan fingerprint density at radius 1 is 1.36 bits per heavy atom. The maximum atomic E-state index is 4.64. The molecule has 0 amide bonds. The Hall–Kier alpha value is -0.410. The molecule has 1 aromatic carbocycles. The van der Waals surface area contributed by atoms with Gasteiger partial charge in [0, 0.05) is 10.7 Å². The second-order valence-electron chi connectivity index (χ2n) is 4.00. The lowest BCUT2D eigenvalue weighted by molar-refractivity contribution is 0.603. The van der Waals surface area contributed by atoms with Gasteiger partial charge >= 0.3 is 0 Å². The van der Waals surface area contributed by atoms with Crippen LogP contribution in [0, 0.1) is 0 Å². The molecule has 0 aliphatic carbocycles. The summed E-state index contributed by atoms with van der Waals surface area (Å²) in [5.74, 6) is 0. The van der Waals surface area contributed by atoms with Crippen LogP contribution in [0.15, 0.2) is 24.3 Å². The molecule has 0 bridgehead atoms. The average molecular weight is 270 g/mol. The molecule has 0 fully saturated rings. The molecule has 0 atom stereocenters. The number of halogens is 1. The molecule has 0 N–H and O–H groups in total. The zero-order valence-electron chi connectivity index (χ0n) is 8.25. The molecule has 0 unspecified atom stereocenters. The van der Waals surface area contributed by atoms with E-state index in [1.165, 1.54) is 9.71 Å². The summed E-state index contributed by atoms with van der Waals surface area (Å²) in [4.78, 5) is 4.64. The van der Waals surface area contributed by atoms with Gasteiger partial charge in [-0.25, -0.2) is 4.98 Å². The first-order valence-electron chi connectivity index (χ1n) is 4.55. The fourth-order valence-electron chi connectivity index (χ4n) is 1.22. The van der Waals surface area contributed by atoms with Crippen molar-refractivity contribution in [3.05, 3.63) is 29.3 Å². The van der Waals surface area contributed by atoms with E-state index in [0.717, 1.165) is 10.8 Å². The third-order valence-corrected chi connectivity index (χ3v) is 5.01. The molecule has 1 nitrogen and oxygen atoms in total. The summed E-state index contributed by atoms with van der Waals surface area (Å²) in [6.07, 6.45) is 0. The monoisotopic (exact) mass is 269 g/mol. The zero-order chi connectivity index (χ0) is 10.2. The largest absolute Gasteiger partial charge is 0.241 e. The van der Waals surface area contributed by atoms with Gasteiger partial charge in [-0.2, -0.15) is 0 Å². The van der Waals surface area contributed by atoms with Crippen LogP contribution in [0.1, 0.15) is 18.9 Å². The minimum absolute atomic E-state index is 0.129. The number of hydrogen-bond acceptors (Lipinski definition) is 2. The normalized spacial score (nSPS) is 12.2. The van der Waals surface area contributed by atoms with Crippen LogP contribution in [0.5, 0.6) is 0 Å². The van der Waals surface area contributed by atoms with E-state index in [-0.39, 0.29) is 5.41 Å². The predicted octanol–water partition coefficient (Wildman–Crippen LogP) is 3.97. The second-order valence-corrected chi connectivity index (χ2v) is 5.60. The van der Waals surface area contributed by atoms with Crippen molar-refractivity contribution in [2.75, 3.05) is 5.33 Å². The molecule has 0 spiro atoms. The Labute approximate surface area is 96.3 Å². The third kappa shape index (κ3) is 1.71. The second kappa shape index (κ2) is 3.63. The SMILES string of the molecule is CC(C)(CBr)c1nc2ccccc2s1.